The Hall–Kier alpha value is -2.34. The molecule has 0 bridgehead atoms. The van der Waals surface area contributed by atoms with Gasteiger partial charge >= 0.3 is 0 Å². The van der Waals surface area contributed by atoms with Crippen molar-refractivity contribution in [3.63, 3.8) is 0 Å². The quantitative estimate of drug-likeness (QED) is 0.424. The van der Waals surface area contributed by atoms with Crippen molar-refractivity contribution < 1.29 is 23.3 Å². The van der Waals surface area contributed by atoms with Gasteiger partial charge in [-0.15, -0.1) is 11.3 Å². The predicted molar refractivity (Wildman–Crippen MR) is 89.5 cm³/mol. The molecule has 0 fully saturated rings. The molecule has 1 heterocycles. The second-order valence-corrected chi connectivity index (χ2v) is 8.09. The van der Waals surface area contributed by atoms with E-state index in [4.69, 9.17) is 5.21 Å². The first kappa shape index (κ1) is 19.0. The van der Waals surface area contributed by atoms with Gasteiger partial charge in [-0.25, -0.2) is 13.9 Å². The number of hydrogen-bond donors (Lipinski definition) is 2. The van der Waals surface area contributed by atoms with Crippen LogP contribution in [0.3, 0.4) is 0 Å². The number of thiophene rings is 1. The van der Waals surface area contributed by atoms with Crippen LogP contribution in [0.5, 0.6) is 0 Å². The average molecular weight is 385 g/mol. The van der Waals surface area contributed by atoms with Gasteiger partial charge in [0.1, 0.15) is 10.3 Å². The SMILES string of the molecule is CC(C(=O)NO)N(Cc1ccccc1[N+](=O)[O-])S(=O)(=O)c1cccs1. The van der Waals surface area contributed by atoms with Gasteiger partial charge in [0.15, 0.2) is 0 Å². The van der Waals surface area contributed by atoms with Crippen molar-refractivity contribution in [1.82, 2.24) is 9.79 Å². The molecule has 2 N–H and O–H groups in total. The van der Waals surface area contributed by atoms with Crippen molar-refractivity contribution >= 4 is 33.0 Å². The number of para-hydroxylation sites is 1. The standard InChI is InChI=1S/C14H15N3O6S2/c1-10(14(18)15-19)16(25(22,23)13-7-4-8-24-13)9-11-5-2-3-6-12(11)17(20)21/h2-8,10,19H,9H2,1H3,(H,15,18). The number of nitrogens with one attached hydrogen (secondary N) is 1. The second-order valence-electron chi connectivity index (χ2n) is 5.02. The highest BCUT2D eigenvalue weighted by Crippen LogP contribution is 2.27. The van der Waals surface area contributed by atoms with Gasteiger partial charge in [0.25, 0.3) is 21.6 Å². The monoisotopic (exact) mass is 385 g/mol. The van der Waals surface area contributed by atoms with E-state index in [0.717, 1.165) is 15.6 Å². The lowest BCUT2D eigenvalue weighted by Gasteiger charge is -2.26. The molecule has 0 radical (unpaired) electrons. The molecule has 0 saturated heterocycles. The average Bonchev–Trinajstić information content (AvgIpc) is 3.13. The van der Waals surface area contributed by atoms with Crippen molar-refractivity contribution in [1.29, 1.82) is 0 Å². The van der Waals surface area contributed by atoms with E-state index in [1.165, 1.54) is 48.8 Å². The predicted octanol–water partition coefficient (Wildman–Crippen LogP) is 1.74. The number of sulfonamides is 1. The number of carbonyl (C=O) groups is 1. The Balaban J connectivity index is 2.50. The third-order valence-electron chi connectivity index (χ3n) is 3.49. The van der Waals surface area contributed by atoms with Gasteiger partial charge in [0, 0.05) is 18.2 Å². The van der Waals surface area contributed by atoms with E-state index in [1.807, 2.05) is 0 Å². The number of rotatable bonds is 7. The van der Waals surface area contributed by atoms with E-state index in [9.17, 15) is 23.3 Å². The lowest BCUT2D eigenvalue weighted by atomic mass is 10.1. The van der Waals surface area contributed by atoms with Crippen LogP contribution in [0.2, 0.25) is 0 Å². The Labute approximate surface area is 147 Å². The van der Waals surface area contributed by atoms with Crippen LogP contribution in [-0.2, 0) is 21.4 Å². The van der Waals surface area contributed by atoms with E-state index in [0.29, 0.717) is 0 Å². The normalized spacial score (nSPS) is 12.8. The summed E-state index contributed by atoms with van der Waals surface area (Å²) in [6.07, 6.45) is 0. The molecule has 2 aromatic rings. The van der Waals surface area contributed by atoms with Crippen molar-refractivity contribution in [3.8, 4) is 0 Å². The van der Waals surface area contributed by atoms with Gasteiger partial charge in [-0.1, -0.05) is 24.3 Å². The second kappa shape index (κ2) is 7.70. The summed E-state index contributed by atoms with van der Waals surface area (Å²) in [4.78, 5) is 22.3. The van der Waals surface area contributed by atoms with Crippen LogP contribution in [0.4, 0.5) is 5.69 Å². The Morgan fingerprint density at radius 1 is 1.36 bits per heavy atom. The topological polar surface area (TPSA) is 130 Å². The molecule has 1 unspecified atom stereocenters. The molecule has 1 aromatic heterocycles. The molecule has 2 rings (SSSR count). The Morgan fingerprint density at radius 3 is 2.60 bits per heavy atom. The molecule has 0 spiro atoms. The summed E-state index contributed by atoms with van der Waals surface area (Å²) in [5.74, 6) is -0.946. The summed E-state index contributed by atoms with van der Waals surface area (Å²) in [7, 11) is -4.10. The summed E-state index contributed by atoms with van der Waals surface area (Å²) in [6, 6.07) is 7.30. The highest BCUT2D eigenvalue weighted by molar-refractivity contribution is 7.91. The fourth-order valence-electron chi connectivity index (χ4n) is 2.17. The van der Waals surface area contributed by atoms with Gasteiger partial charge in [-0.3, -0.25) is 20.1 Å². The fourth-order valence-corrected chi connectivity index (χ4v) is 4.86. The largest absolute Gasteiger partial charge is 0.289 e. The van der Waals surface area contributed by atoms with Crippen LogP contribution in [0, 0.1) is 10.1 Å². The van der Waals surface area contributed by atoms with Crippen LogP contribution in [0.15, 0.2) is 46.0 Å². The van der Waals surface area contributed by atoms with Crippen LogP contribution in [0.1, 0.15) is 12.5 Å². The molecular weight excluding hydrogens is 370 g/mol. The van der Waals surface area contributed by atoms with Crippen molar-refractivity contribution in [2.45, 2.75) is 23.7 Å². The highest BCUT2D eigenvalue weighted by Gasteiger charge is 2.35. The number of carbonyl (C=O) groups excluding carboxylic acids is 1. The Kier molecular flexibility index (Phi) is 5.85. The zero-order chi connectivity index (χ0) is 18.6. The summed E-state index contributed by atoms with van der Waals surface area (Å²) in [5, 5.41) is 21.6. The minimum absolute atomic E-state index is 0.0105. The molecule has 0 aliphatic carbocycles. The molecule has 25 heavy (non-hydrogen) atoms. The van der Waals surface area contributed by atoms with E-state index >= 15 is 0 Å². The van der Waals surface area contributed by atoms with Gasteiger partial charge in [0.05, 0.1) is 4.92 Å². The third kappa shape index (κ3) is 4.02. The molecular formula is C14H15N3O6S2. The molecule has 9 nitrogen and oxygen atoms in total. The first-order valence-electron chi connectivity index (χ1n) is 7.00. The summed E-state index contributed by atoms with van der Waals surface area (Å²) >= 11 is 0.958. The van der Waals surface area contributed by atoms with Crippen LogP contribution >= 0.6 is 11.3 Å². The molecule has 11 heteroatoms. The lowest BCUT2D eigenvalue weighted by Crippen LogP contribution is -2.46. The molecule has 0 saturated carbocycles. The smallest absolute Gasteiger partial charge is 0.273 e. The number of nitro groups is 1. The first-order valence-corrected chi connectivity index (χ1v) is 9.32. The molecule has 1 amide bonds. The zero-order valence-electron chi connectivity index (χ0n) is 13.0. The van der Waals surface area contributed by atoms with Gasteiger partial charge < -0.3 is 0 Å². The molecule has 1 atom stereocenters. The number of nitro benzene ring substituents is 1. The minimum Gasteiger partial charge on any atom is -0.289 e. The highest BCUT2D eigenvalue weighted by atomic mass is 32.2. The van der Waals surface area contributed by atoms with E-state index in [2.05, 4.69) is 0 Å². The van der Waals surface area contributed by atoms with E-state index in [-0.39, 0.29) is 15.5 Å². The number of hydrogen-bond acceptors (Lipinski definition) is 7. The van der Waals surface area contributed by atoms with Gasteiger partial charge in [0.2, 0.25) is 0 Å². The maximum Gasteiger partial charge on any atom is 0.273 e. The summed E-state index contributed by atoms with van der Waals surface area (Å²) in [5.41, 5.74) is 1.28. The maximum atomic E-state index is 12.8. The van der Waals surface area contributed by atoms with Gasteiger partial charge in [-0.2, -0.15) is 4.31 Å². The summed E-state index contributed by atoms with van der Waals surface area (Å²) in [6.45, 7) is 0.886. The van der Waals surface area contributed by atoms with Crippen molar-refractivity contribution in [3.05, 3.63) is 57.5 Å². The maximum absolute atomic E-state index is 12.8. The van der Waals surface area contributed by atoms with E-state index < -0.39 is 33.4 Å². The van der Waals surface area contributed by atoms with E-state index in [1.54, 1.807) is 5.38 Å². The van der Waals surface area contributed by atoms with Crippen LogP contribution < -0.4 is 5.48 Å². The van der Waals surface area contributed by atoms with Gasteiger partial charge in [-0.05, 0) is 18.4 Å². The van der Waals surface area contributed by atoms with Crippen LogP contribution in [0.25, 0.3) is 0 Å². The lowest BCUT2D eigenvalue weighted by molar-refractivity contribution is -0.385. The number of nitrogens with zero attached hydrogens (tertiary/aromatic N) is 2. The van der Waals surface area contributed by atoms with Crippen molar-refractivity contribution in [2.24, 2.45) is 0 Å². The number of hydroxylamine groups is 1. The van der Waals surface area contributed by atoms with Crippen molar-refractivity contribution in [2.75, 3.05) is 0 Å². The Bertz CT molecular complexity index is 866. The van der Waals surface area contributed by atoms with Crippen LogP contribution in [-0.4, -0.2) is 34.8 Å². The minimum atomic E-state index is -4.10. The summed E-state index contributed by atoms with van der Waals surface area (Å²) < 4.78 is 26.5. The molecule has 1 aromatic carbocycles. The molecule has 134 valence electrons. The molecule has 0 aliphatic rings. The Morgan fingerprint density at radius 2 is 2.04 bits per heavy atom. The first-order chi connectivity index (χ1) is 11.8. The zero-order valence-corrected chi connectivity index (χ0v) is 14.7. The third-order valence-corrected chi connectivity index (χ3v) is 6.78. The number of amides is 1. The number of benzene rings is 1. The fraction of sp³-hybridized carbons (Fsp3) is 0.214. The molecule has 0 aliphatic heterocycles.